The Balaban J connectivity index is 1.88. The first-order valence-corrected chi connectivity index (χ1v) is 9.27. The fourth-order valence-corrected chi connectivity index (χ4v) is 3.77. The molecule has 26 heavy (non-hydrogen) atoms. The van der Waals surface area contributed by atoms with Gasteiger partial charge in [-0.2, -0.15) is 0 Å². The van der Waals surface area contributed by atoms with Crippen LogP contribution in [0.5, 0.6) is 5.75 Å². The minimum absolute atomic E-state index is 0.129. The first-order valence-electron chi connectivity index (χ1n) is 8.08. The Morgan fingerprint density at radius 3 is 2.69 bits per heavy atom. The molecule has 2 aromatic rings. The third kappa shape index (κ3) is 4.36. The summed E-state index contributed by atoms with van der Waals surface area (Å²) in [6.45, 7) is 2.39. The molecule has 0 unspecified atom stereocenters. The highest BCUT2D eigenvalue weighted by Gasteiger charge is 2.32. The Morgan fingerprint density at radius 2 is 2.00 bits per heavy atom. The molecule has 2 aromatic carbocycles. The molecule has 0 aromatic heterocycles. The molecule has 6 heteroatoms. The van der Waals surface area contributed by atoms with Crippen LogP contribution >= 0.6 is 23.4 Å². The fraction of sp³-hybridized carbons (Fsp3) is 0.100. The second kappa shape index (κ2) is 8.25. The molecule has 1 aliphatic heterocycles. The van der Waals surface area contributed by atoms with E-state index in [1.165, 1.54) is 11.8 Å². The first-order chi connectivity index (χ1) is 12.6. The number of carbonyl (C=O) groups excluding carboxylic acids is 1. The van der Waals surface area contributed by atoms with Gasteiger partial charge in [-0.3, -0.25) is 9.69 Å². The van der Waals surface area contributed by atoms with E-state index in [1.807, 2.05) is 43.3 Å². The lowest BCUT2D eigenvalue weighted by atomic mass is 10.2. The summed E-state index contributed by atoms with van der Waals surface area (Å²) in [5.41, 5.74) is 1.55. The number of carbonyl (C=O) groups is 1. The van der Waals surface area contributed by atoms with Crippen molar-refractivity contribution in [1.82, 2.24) is 4.90 Å². The largest absolute Gasteiger partial charge is 0.508 e. The Hall–Kier alpha value is -2.50. The van der Waals surface area contributed by atoms with Crippen LogP contribution in [0.25, 0.3) is 6.08 Å². The summed E-state index contributed by atoms with van der Waals surface area (Å²) in [5.74, 6) is 0.00448. The quantitative estimate of drug-likeness (QED) is 0.742. The molecule has 0 saturated carbocycles. The zero-order valence-corrected chi connectivity index (χ0v) is 15.7. The average molecular weight is 385 g/mol. The molecule has 1 saturated heterocycles. The van der Waals surface area contributed by atoms with E-state index in [4.69, 9.17) is 11.6 Å². The lowest BCUT2D eigenvalue weighted by Gasteiger charge is -2.11. The smallest absolute Gasteiger partial charge is 0.266 e. The Kier molecular flexibility index (Phi) is 5.81. The van der Waals surface area contributed by atoms with Gasteiger partial charge in [0.2, 0.25) is 0 Å². The van der Waals surface area contributed by atoms with Crippen molar-refractivity contribution in [2.24, 2.45) is 4.99 Å². The summed E-state index contributed by atoms with van der Waals surface area (Å²) in [6, 6.07) is 16.3. The molecule has 1 N–H and O–H groups in total. The Labute approximate surface area is 161 Å². The zero-order valence-electron chi connectivity index (χ0n) is 14.1. The number of phenols is 1. The van der Waals surface area contributed by atoms with Gasteiger partial charge in [0.25, 0.3) is 5.91 Å². The molecule has 1 fully saturated rings. The SMILES string of the molecule is CCN1C(=O)/C(=C/C(Cl)=C/c2ccccc2)SC1=Nc1cccc(O)c1. The Bertz CT molecular complexity index is 907. The van der Waals surface area contributed by atoms with Crippen LogP contribution in [0.2, 0.25) is 0 Å². The summed E-state index contributed by atoms with van der Waals surface area (Å²) in [5, 5.41) is 10.6. The molecule has 1 amide bonds. The van der Waals surface area contributed by atoms with Crippen molar-refractivity contribution in [3.05, 3.63) is 76.2 Å². The number of phenolic OH excluding ortho intramolecular Hbond substituents is 1. The number of allylic oxidation sites excluding steroid dienone is 2. The molecule has 0 aliphatic carbocycles. The number of aromatic hydroxyl groups is 1. The number of rotatable bonds is 4. The number of aliphatic imine (C=N–C) groups is 1. The summed E-state index contributed by atoms with van der Waals surface area (Å²) in [6.07, 6.45) is 3.47. The van der Waals surface area contributed by atoms with Gasteiger partial charge in [0.05, 0.1) is 10.6 Å². The molecule has 3 rings (SSSR count). The second-order valence-electron chi connectivity index (χ2n) is 5.51. The monoisotopic (exact) mass is 384 g/mol. The zero-order chi connectivity index (χ0) is 18.5. The number of nitrogens with zero attached hydrogens (tertiary/aromatic N) is 2. The van der Waals surface area contributed by atoms with Crippen LogP contribution in [0.15, 0.2) is 75.6 Å². The van der Waals surface area contributed by atoms with Crippen molar-refractivity contribution in [3.63, 3.8) is 0 Å². The van der Waals surface area contributed by atoms with E-state index in [1.54, 1.807) is 35.2 Å². The number of amides is 1. The molecule has 4 nitrogen and oxygen atoms in total. The number of thioether (sulfide) groups is 1. The highest BCUT2D eigenvalue weighted by atomic mass is 35.5. The predicted molar refractivity (Wildman–Crippen MR) is 109 cm³/mol. The second-order valence-corrected chi connectivity index (χ2v) is 6.96. The van der Waals surface area contributed by atoms with Gasteiger partial charge in [0.15, 0.2) is 5.17 Å². The Morgan fingerprint density at radius 1 is 1.23 bits per heavy atom. The standard InChI is InChI=1S/C20H17ClN2O2S/c1-2-23-19(25)18(12-15(21)11-14-7-4-3-5-8-14)26-20(23)22-16-9-6-10-17(24)13-16/h3-13,24H,2H2,1H3/b15-11-,18-12-,22-20?. The van der Waals surface area contributed by atoms with Crippen molar-refractivity contribution in [2.75, 3.05) is 6.54 Å². The van der Waals surface area contributed by atoms with Gasteiger partial charge in [0, 0.05) is 17.6 Å². The summed E-state index contributed by atoms with van der Waals surface area (Å²) >= 11 is 7.58. The topological polar surface area (TPSA) is 52.9 Å². The van der Waals surface area contributed by atoms with Crippen LogP contribution in [0.4, 0.5) is 5.69 Å². The summed E-state index contributed by atoms with van der Waals surface area (Å²) in [4.78, 5) is 19.2. The number of hydrogen-bond donors (Lipinski definition) is 1. The van der Waals surface area contributed by atoms with E-state index in [-0.39, 0.29) is 11.7 Å². The first kappa shape index (κ1) is 18.3. The summed E-state index contributed by atoms with van der Waals surface area (Å²) in [7, 11) is 0. The van der Waals surface area contributed by atoms with Gasteiger partial charge < -0.3 is 5.11 Å². The van der Waals surface area contributed by atoms with Crippen molar-refractivity contribution in [1.29, 1.82) is 0 Å². The van der Waals surface area contributed by atoms with Gasteiger partial charge in [-0.25, -0.2) is 4.99 Å². The molecule has 132 valence electrons. The van der Waals surface area contributed by atoms with Crippen LogP contribution in [0, 0.1) is 0 Å². The number of hydrogen-bond acceptors (Lipinski definition) is 4. The molecule has 0 bridgehead atoms. The van der Waals surface area contributed by atoms with Gasteiger partial charge in [0.1, 0.15) is 5.75 Å². The van der Waals surface area contributed by atoms with Crippen molar-refractivity contribution < 1.29 is 9.90 Å². The van der Waals surface area contributed by atoms with Crippen LogP contribution in [-0.4, -0.2) is 27.6 Å². The van der Waals surface area contributed by atoms with E-state index in [0.717, 1.165) is 5.56 Å². The van der Waals surface area contributed by atoms with E-state index >= 15 is 0 Å². The van der Waals surface area contributed by atoms with Crippen LogP contribution in [0.3, 0.4) is 0 Å². The van der Waals surface area contributed by atoms with Gasteiger partial charge in [-0.15, -0.1) is 0 Å². The summed E-state index contributed by atoms with van der Waals surface area (Å²) < 4.78 is 0. The minimum Gasteiger partial charge on any atom is -0.508 e. The lowest BCUT2D eigenvalue weighted by molar-refractivity contribution is -0.122. The molecule has 0 radical (unpaired) electrons. The molecule has 0 atom stereocenters. The van der Waals surface area contributed by atoms with Crippen molar-refractivity contribution >= 4 is 46.2 Å². The van der Waals surface area contributed by atoms with E-state index in [0.29, 0.717) is 27.3 Å². The minimum atomic E-state index is -0.129. The molecule has 1 heterocycles. The normalized spacial score (nSPS) is 18.2. The van der Waals surface area contributed by atoms with Crippen molar-refractivity contribution in [3.8, 4) is 5.75 Å². The molecule has 0 spiro atoms. The van der Waals surface area contributed by atoms with E-state index < -0.39 is 0 Å². The molecular formula is C20H17ClN2O2S. The number of halogens is 1. The lowest BCUT2D eigenvalue weighted by Crippen LogP contribution is -2.28. The van der Waals surface area contributed by atoms with Crippen LogP contribution in [0.1, 0.15) is 12.5 Å². The highest BCUT2D eigenvalue weighted by molar-refractivity contribution is 8.18. The maximum atomic E-state index is 12.6. The number of amidine groups is 1. The number of benzene rings is 2. The van der Waals surface area contributed by atoms with Gasteiger partial charge in [-0.05, 0) is 48.5 Å². The van der Waals surface area contributed by atoms with Crippen LogP contribution < -0.4 is 0 Å². The van der Waals surface area contributed by atoms with Crippen LogP contribution in [-0.2, 0) is 4.79 Å². The number of likely N-dealkylation sites (N-methyl/N-ethyl adjacent to an activating group) is 1. The predicted octanol–water partition coefficient (Wildman–Crippen LogP) is 5.14. The van der Waals surface area contributed by atoms with Gasteiger partial charge in [-0.1, -0.05) is 48.0 Å². The van der Waals surface area contributed by atoms with E-state index in [9.17, 15) is 9.90 Å². The fourth-order valence-electron chi connectivity index (χ4n) is 2.42. The highest BCUT2D eigenvalue weighted by Crippen LogP contribution is 2.34. The maximum Gasteiger partial charge on any atom is 0.266 e. The van der Waals surface area contributed by atoms with Gasteiger partial charge >= 0.3 is 0 Å². The van der Waals surface area contributed by atoms with E-state index in [2.05, 4.69) is 4.99 Å². The average Bonchev–Trinajstić information content (AvgIpc) is 2.90. The maximum absolute atomic E-state index is 12.6. The molecule has 1 aliphatic rings. The third-order valence-electron chi connectivity index (χ3n) is 3.63. The molecular weight excluding hydrogens is 368 g/mol. The van der Waals surface area contributed by atoms with Crippen molar-refractivity contribution in [2.45, 2.75) is 6.92 Å². The third-order valence-corrected chi connectivity index (χ3v) is 4.86.